The molecule has 0 amide bonds. The SMILES string of the molecule is CN(C)Cc1ccc(-c2ccc(C(=O)c3ccc(Cl)c(Cl)c3)cc2)cc1. The Bertz CT molecular complexity index is 916. The Labute approximate surface area is 164 Å². The van der Waals surface area contributed by atoms with Crippen molar-refractivity contribution in [2.45, 2.75) is 6.54 Å². The van der Waals surface area contributed by atoms with Crippen LogP contribution in [0.1, 0.15) is 21.5 Å². The molecule has 0 heterocycles. The van der Waals surface area contributed by atoms with Crippen LogP contribution in [0.2, 0.25) is 10.0 Å². The average Bonchev–Trinajstić information content (AvgIpc) is 2.64. The molecule has 3 aromatic rings. The van der Waals surface area contributed by atoms with E-state index in [-0.39, 0.29) is 5.78 Å². The number of halogens is 2. The molecule has 26 heavy (non-hydrogen) atoms. The highest BCUT2D eigenvalue weighted by Crippen LogP contribution is 2.25. The molecule has 3 rings (SSSR count). The third-order valence-corrected chi connectivity index (χ3v) is 4.85. The first-order valence-corrected chi connectivity index (χ1v) is 9.03. The molecule has 0 N–H and O–H groups in total. The predicted molar refractivity (Wildman–Crippen MR) is 109 cm³/mol. The van der Waals surface area contributed by atoms with Gasteiger partial charge in [-0.3, -0.25) is 4.79 Å². The fraction of sp³-hybridized carbons (Fsp3) is 0.136. The lowest BCUT2D eigenvalue weighted by Gasteiger charge is -2.10. The zero-order valence-corrected chi connectivity index (χ0v) is 16.2. The molecule has 132 valence electrons. The second-order valence-corrected chi connectivity index (χ2v) is 7.28. The maximum Gasteiger partial charge on any atom is 0.193 e. The minimum absolute atomic E-state index is 0.0727. The van der Waals surface area contributed by atoms with Gasteiger partial charge in [0.15, 0.2) is 5.78 Å². The third-order valence-electron chi connectivity index (χ3n) is 4.11. The van der Waals surface area contributed by atoms with Crippen molar-refractivity contribution in [1.29, 1.82) is 0 Å². The Kier molecular flexibility index (Phi) is 5.77. The van der Waals surface area contributed by atoms with Gasteiger partial charge < -0.3 is 4.90 Å². The number of benzene rings is 3. The van der Waals surface area contributed by atoms with E-state index in [9.17, 15) is 4.79 Å². The summed E-state index contributed by atoms with van der Waals surface area (Å²) in [4.78, 5) is 14.7. The van der Waals surface area contributed by atoms with E-state index in [1.807, 2.05) is 24.3 Å². The van der Waals surface area contributed by atoms with Crippen molar-refractivity contribution in [2.24, 2.45) is 0 Å². The number of carbonyl (C=O) groups is 1. The van der Waals surface area contributed by atoms with E-state index in [4.69, 9.17) is 23.2 Å². The highest BCUT2D eigenvalue weighted by molar-refractivity contribution is 6.42. The highest BCUT2D eigenvalue weighted by atomic mass is 35.5. The lowest BCUT2D eigenvalue weighted by molar-refractivity contribution is 0.103. The zero-order valence-electron chi connectivity index (χ0n) is 14.7. The van der Waals surface area contributed by atoms with Gasteiger partial charge in [-0.25, -0.2) is 0 Å². The van der Waals surface area contributed by atoms with Crippen molar-refractivity contribution in [2.75, 3.05) is 14.1 Å². The maximum absolute atomic E-state index is 12.6. The Morgan fingerprint density at radius 2 is 1.31 bits per heavy atom. The van der Waals surface area contributed by atoms with E-state index < -0.39 is 0 Å². The predicted octanol–water partition coefficient (Wildman–Crippen LogP) is 5.95. The molecular formula is C22H19Cl2NO. The Hall–Kier alpha value is -2.13. The summed E-state index contributed by atoms with van der Waals surface area (Å²) in [5.74, 6) is -0.0727. The fourth-order valence-electron chi connectivity index (χ4n) is 2.79. The second-order valence-electron chi connectivity index (χ2n) is 6.47. The van der Waals surface area contributed by atoms with Crippen LogP contribution in [0, 0.1) is 0 Å². The summed E-state index contributed by atoms with van der Waals surface area (Å²) in [6.07, 6.45) is 0. The van der Waals surface area contributed by atoms with E-state index >= 15 is 0 Å². The molecule has 0 saturated heterocycles. The van der Waals surface area contributed by atoms with Gasteiger partial charge >= 0.3 is 0 Å². The molecule has 0 fully saturated rings. The van der Waals surface area contributed by atoms with Crippen molar-refractivity contribution >= 4 is 29.0 Å². The largest absolute Gasteiger partial charge is 0.305 e. The number of nitrogens with zero attached hydrogens (tertiary/aromatic N) is 1. The van der Waals surface area contributed by atoms with Crippen molar-refractivity contribution in [1.82, 2.24) is 4.90 Å². The van der Waals surface area contributed by atoms with Gasteiger partial charge in [0.2, 0.25) is 0 Å². The van der Waals surface area contributed by atoms with E-state index in [1.54, 1.807) is 18.2 Å². The van der Waals surface area contributed by atoms with Crippen LogP contribution in [0.15, 0.2) is 66.7 Å². The average molecular weight is 384 g/mol. The number of hydrogen-bond acceptors (Lipinski definition) is 2. The molecule has 0 aromatic heterocycles. The topological polar surface area (TPSA) is 20.3 Å². The van der Waals surface area contributed by atoms with Crippen LogP contribution in [-0.4, -0.2) is 24.8 Å². The van der Waals surface area contributed by atoms with Crippen LogP contribution < -0.4 is 0 Å². The quantitative estimate of drug-likeness (QED) is 0.507. The Balaban J connectivity index is 1.79. The number of rotatable bonds is 5. The first kappa shape index (κ1) is 18.7. The smallest absolute Gasteiger partial charge is 0.193 e. The van der Waals surface area contributed by atoms with Crippen LogP contribution in [0.3, 0.4) is 0 Å². The third kappa shape index (κ3) is 4.34. The molecule has 0 saturated carbocycles. The summed E-state index contributed by atoms with van der Waals surface area (Å²) >= 11 is 11.9. The normalized spacial score (nSPS) is 11.0. The summed E-state index contributed by atoms with van der Waals surface area (Å²) in [5.41, 5.74) is 4.62. The molecule has 0 aliphatic carbocycles. The van der Waals surface area contributed by atoms with Gasteiger partial charge in [0.25, 0.3) is 0 Å². The van der Waals surface area contributed by atoms with Crippen molar-refractivity contribution in [3.63, 3.8) is 0 Å². The van der Waals surface area contributed by atoms with Crippen LogP contribution in [-0.2, 0) is 6.54 Å². The van der Waals surface area contributed by atoms with Crippen molar-refractivity contribution in [3.05, 3.63) is 93.5 Å². The number of hydrogen-bond donors (Lipinski definition) is 0. The van der Waals surface area contributed by atoms with Gasteiger partial charge in [-0.1, -0.05) is 71.7 Å². The van der Waals surface area contributed by atoms with Crippen LogP contribution in [0.25, 0.3) is 11.1 Å². The molecule has 0 aliphatic heterocycles. The number of carbonyl (C=O) groups excluding carboxylic acids is 1. The first-order valence-electron chi connectivity index (χ1n) is 8.28. The van der Waals surface area contributed by atoms with Gasteiger partial charge in [0.05, 0.1) is 10.0 Å². The van der Waals surface area contributed by atoms with Gasteiger partial charge in [-0.05, 0) is 49.0 Å². The molecule has 0 aliphatic rings. The monoisotopic (exact) mass is 383 g/mol. The molecular weight excluding hydrogens is 365 g/mol. The van der Waals surface area contributed by atoms with E-state index in [2.05, 4.69) is 43.3 Å². The van der Waals surface area contributed by atoms with E-state index in [0.717, 1.165) is 17.7 Å². The van der Waals surface area contributed by atoms with Gasteiger partial charge in [0.1, 0.15) is 0 Å². The summed E-state index contributed by atoms with van der Waals surface area (Å²) < 4.78 is 0. The summed E-state index contributed by atoms with van der Waals surface area (Å²) in [7, 11) is 4.11. The van der Waals surface area contributed by atoms with E-state index in [0.29, 0.717) is 21.2 Å². The van der Waals surface area contributed by atoms with Crippen LogP contribution in [0.4, 0.5) is 0 Å². The van der Waals surface area contributed by atoms with Gasteiger partial charge in [0, 0.05) is 17.7 Å². The summed E-state index contributed by atoms with van der Waals surface area (Å²) in [5, 5.41) is 0.822. The fourth-order valence-corrected chi connectivity index (χ4v) is 3.08. The summed E-state index contributed by atoms with van der Waals surface area (Å²) in [6.45, 7) is 0.914. The van der Waals surface area contributed by atoms with Crippen molar-refractivity contribution in [3.8, 4) is 11.1 Å². The second kappa shape index (κ2) is 8.05. The molecule has 0 spiro atoms. The Morgan fingerprint density at radius 1 is 0.769 bits per heavy atom. The maximum atomic E-state index is 12.6. The van der Waals surface area contributed by atoms with Crippen LogP contribution >= 0.6 is 23.2 Å². The van der Waals surface area contributed by atoms with Gasteiger partial charge in [-0.2, -0.15) is 0 Å². The molecule has 0 unspecified atom stereocenters. The first-order chi connectivity index (χ1) is 12.4. The number of ketones is 1. The minimum Gasteiger partial charge on any atom is -0.305 e. The minimum atomic E-state index is -0.0727. The lowest BCUT2D eigenvalue weighted by Crippen LogP contribution is -2.10. The summed E-state index contributed by atoms with van der Waals surface area (Å²) in [6, 6.07) is 21.0. The molecule has 0 radical (unpaired) electrons. The lowest BCUT2D eigenvalue weighted by atomic mass is 9.99. The van der Waals surface area contributed by atoms with E-state index in [1.165, 1.54) is 5.56 Å². The molecule has 0 atom stereocenters. The molecule has 4 heteroatoms. The van der Waals surface area contributed by atoms with Crippen molar-refractivity contribution < 1.29 is 4.79 Å². The standard InChI is InChI=1S/C22H19Cl2NO/c1-25(2)14-15-3-5-16(6-4-15)17-7-9-18(10-8-17)22(26)19-11-12-20(23)21(24)13-19/h3-13H,14H2,1-2H3. The van der Waals surface area contributed by atoms with Gasteiger partial charge in [-0.15, -0.1) is 0 Å². The molecule has 0 bridgehead atoms. The Morgan fingerprint density at radius 3 is 1.85 bits per heavy atom. The molecule has 3 aromatic carbocycles. The molecule has 2 nitrogen and oxygen atoms in total. The highest BCUT2D eigenvalue weighted by Gasteiger charge is 2.11. The zero-order chi connectivity index (χ0) is 18.7. The van der Waals surface area contributed by atoms with Crippen LogP contribution in [0.5, 0.6) is 0 Å².